The molecule has 2 aliphatic carbocycles. The van der Waals surface area contributed by atoms with Gasteiger partial charge in [0.25, 0.3) is 0 Å². The van der Waals surface area contributed by atoms with Crippen LogP contribution in [0.4, 0.5) is 0 Å². The van der Waals surface area contributed by atoms with Gasteiger partial charge in [-0.2, -0.15) is 0 Å². The SMILES string of the molecule is C1=CCCC2(CCC1)CCCC2. The lowest BCUT2D eigenvalue weighted by molar-refractivity contribution is 0.241. The van der Waals surface area contributed by atoms with Crippen LogP contribution in [0.1, 0.15) is 57.8 Å². The maximum atomic E-state index is 2.40. The van der Waals surface area contributed by atoms with E-state index in [1.165, 1.54) is 57.8 Å². The highest BCUT2D eigenvalue weighted by Crippen LogP contribution is 2.46. The fourth-order valence-electron chi connectivity index (χ4n) is 2.97. The second-order valence-electron chi connectivity index (χ2n) is 4.61. The quantitative estimate of drug-likeness (QED) is 0.473. The minimum Gasteiger partial charge on any atom is -0.0885 e. The van der Waals surface area contributed by atoms with E-state index in [9.17, 15) is 0 Å². The van der Waals surface area contributed by atoms with Gasteiger partial charge in [-0.25, -0.2) is 0 Å². The van der Waals surface area contributed by atoms with Gasteiger partial charge in [-0.1, -0.05) is 25.0 Å². The van der Waals surface area contributed by atoms with Gasteiger partial charge in [0, 0.05) is 0 Å². The first-order valence-corrected chi connectivity index (χ1v) is 5.56. The lowest BCUT2D eigenvalue weighted by Crippen LogP contribution is -2.16. The second kappa shape index (κ2) is 3.64. The molecule has 0 radical (unpaired) electrons. The van der Waals surface area contributed by atoms with Crippen molar-refractivity contribution >= 4 is 0 Å². The molecule has 0 atom stereocenters. The molecule has 2 aliphatic rings. The van der Waals surface area contributed by atoms with Crippen LogP contribution >= 0.6 is 0 Å². The molecule has 0 aromatic heterocycles. The number of rotatable bonds is 0. The predicted molar refractivity (Wildman–Crippen MR) is 53.1 cm³/mol. The standard InChI is InChI=1S/C12H20/c1-2-4-8-12(9-5-3-1)10-6-7-11-12/h1-2H,3-11H2. The van der Waals surface area contributed by atoms with Crippen LogP contribution in [-0.2, 0) is 0 Å². The van der Waals surface area contributed by atoms with Crippen LogP contribution in [0.15, 0.2) is 12.2 Å². The van der Waals surface area contributed by atoms with Crippen LogP contribution in [-0.4, -0.2) is 0 Å². The third-order valence-corrected chi connectivity index (χ3v) is 3.75. The molecular weight excluding hydrogens is 144 g/mol. The minimum atomic E-state index is 0.796. The summed E-state index contributed by atoms with van der Waals surface area (Å²) in [5.41, 5.74) is 0.796. The molecule has 0 unspecified atom stereocenters. The van der Waals surface area contributed by atoms with E-state index in [0.717, 1.165) is 5.41 Å². The van der Waals surface area contributed by atoms with Crippen molar-refractivity contribution in [2.24, 2.45) is 5.41 Å². The van der Waals surface area contributed by atoms with Gasteiger partial charge in [-0.05, 0) is 50.4 Å². The first kappa shape index (κ1) is 8.34. The summed E-state index contributed by atoms with van der Waals surface area (Å²) in [5, 5.41) is 0. The summed E-state index contributed by atoms with van der Waals surface area (Å²) in [4.78, 5) is 0. The third-order valence-electron chi connectivity index (χ3n) is 3.75. The van der Waals surface area contributed by atoms with Gasteiger partial charge >= 0.3 is 0 Å². The average Bonchev–Trinajstić information content (AvgIpc) is 2.47. The zero-order chi connectivity index (χ0) is 8.28. The van der Waals surface area contributed by atoms with E-state index >= 15 is 0 Å². The summed E-state index contributed by atoms with van der Waals surface area (Å²) < 4.78 is 0. The van der Waals surface area contributed by atoms with Gasteiger partial charge in [0.1, 0.15) is 0 Å². The molecule has 0 heteroatoms. The average molecular weight is 164 g/mol. The molecule has 0 saturated heterocycles. The third kappa shape index (κ3) is 1.73. The zero-order valence-electron chi connectivity index (χ0n) is 8.02. The van der Waals surface area contributed by atoms with Crippen molar-refractivity contribution in [2.75, 3.05) is 0 Å². The zero-order valence-corrected chi connectivity index (χ0v) is 8.02. The number of hydrogen-bond donors (Lipinski definition) is 0. The number of allylic oxidation sites excluding steroid dienone is 2. The molecule has 0 amide bonds. The Labute approximate surface area is 76.1 Å². The lowest BCUT2D eigenvalue weighted by atomic mass is 9.76. The molecule has 1 spiro atoms. The van der Waals surface area contributed by atoms with Gasteiger partial charge in [-0.15, -0.1) is 0 Å². The molecule has 0 nitrogen and oxygen atoms in total. The van der Waals surface area contributed by atoms with E-state index in [-0.39, 0.29) is 0 Å². The van der Waals surface area contributed by atoms with Crippen LogP contribution in [0.3, 0.4) is 0 Å². The van der Waals surface area contributed by atoms with Crippen molar-refractivity contribution < 1.29 is 0 Å². The van der Waals surface area contributed by atoms with E-state index in [0.29, 0.717) is 0 Å². The second-order valence-corrected chi connectivity index (χ2v) is 4.61. The van der Waals surface area contributed by atoms with Gasteiger partial charge in [0.05, 0.1) is 0 Å². The largest absolute Gasteiger partial charge is 0.0885 e. The Hall–Kier alpha value is -0.260. The van der Waals surface area contributed by atoms with Crippen molar-refractivity contribution in [1.29, 1.82) is 0 Å². The topological polar surface area (TPSA) is 0 Å². The van der Waals surface area contributed by atoms with Crippen molar-refractivity contribution in [3.05, 3.63) is 12.2 Å². The Bertz CT molecular complexity index is 161. The molecule has 0 heterocycles. The Kier molecular flexibility index (Phi) is 2.53. The van der Waals surface area contributed by atoms with E-state index < -0.39 is 0 Å². The smallest absolute Gasteiger partial charge is 0.0294 e. The van der Waals surface area contributed by atoms with Crippen LogP contribution in [0.5, 0.6) is 0 Å². The predicted octanol–water partition coefficient (Wildman–Crippen LogP) is 4.07. The highest BCUT2D eigenvalue weighted by molar-refractivity contribution is 4.92. The van der Waals surface area contributed by atoms with E-state index in [1.807, 2.05) is 0 Å². The Morgan fingerprint density at radius 2 is 1.33 bits per heavy atom. The van der Waals surface area contributed by atoms with Crippen LogP contribution in [0, 0.1) is 5.41 Å². The van der Waals surface area contributed by atoms with Crippen LogP contribution in [0.25, 0.3) is 0 Å². The first-order valence-electron chi connectivity index (χ1n) is 5.56. The van der Waals surface area contributed by atoms with Crippen molar-refractivity contribution in [2.45, 2.75) is 57.8 Å². The van der Waals surface area contributed by atoms with Crippen LogP contribution in [0.2, 0.25) is 0 Å². The Morgan fingerprint density at radius 1 is 0.667 bits per heavy atom. The summed E-state index contributed by atoms with van der Waals surface area (Å²) in [6.45, 7) is 0. The Morgan fingerprint density at radius 3 is 2.17 bits per heavy atom. The fraction of sp³-hybridized carbons (Fsp3) is 0.833. The molecule has 12 heavy (non-hydrogen) atoms. The van der Waals surface area contributed by atoms with Gasteiger partial charge in [0.15, 0.2) is 0 Å². The molecule has 68 valence electrons. The van der Waals surface area contributed by atoms with Gasteiger partial charge in [-0.3, -0.25) is 0 Å². The molecule has 1 saturated carbocycles. The van der Waals surface area contributed by atoms with E-state index in [2.05, 4.69) is 12.2 Å². The van der Waals surface area contributed by atoms with Crippen LogP contribution < -0.4 is 0 Å². The normalized spacial score (nSPS) is 28.7. The van der Waals surface area contributed by atoms with Crippen molar-refractivity contribution in [1.82, 2.24) is 0 Å². The van der Waals surface area contributed by atoms with E-state index in [4.69, 9.17) is 0 Å². The maximum Gasteiger partial charge on any atom is -0.0294 e. The Balaban J connectivity index is 1.98. The lowest BCUT2D eigenvalue weighted by Gasteiger charge is -2.29. The minimum absolute atomic E-state index is 0.796. The monoisotopic (exact) mass is 164 g/mol. The van der Waals surface area contributed by atoms with Crippen molar-refractivity contribution in [3.8, 4) is 0 Å². The highest BCUT2D eigenvalue weighted by Gasteiger charge is 2.32. The van der Waals surface area contributed by atoms with E-state index in [1.54, 1.807) is 0 Å². The summed E-state index contributed by atoms with van der Waals surface area (Å²) in [6, 6.07) is 0. The fourth-order valence-corrected chi connectivity index (χ4v) is 2.97. The van der Waals surface area contributed by atoms with Gasteiger partial charge < -0.3 is 0 Å². The molecule has 0 aromatic carbocycles. The summed E-state index contributed by atoms with van der Waals surface area (Å²) in [5.74, 6) is 0. The maximum absolute atomic E-state index is 2.40. The summed E-state index contributed by atoms with van der Waals surface area (Å²) in [6.07, 6.45) is 18.0. The molecule has 1 fully saturated rings. The number of hydrogen-bond acceptors (Lipinski definition) is 0. The van der Waals surface area contributed by atoms with Crippen molar-refractivity contribution in [3.63, 3.8) is 0 Å². The summed E-state index contributed by atoms with van der Waals surface area (Å²) in [7, 11) is 0. The summed E-state index contributed by atoms with van der Waals surface area (Å²) >= 11 is 0. The van der Waals surface area contributed by atoms with Gasteiger partial charge in [0.2, 0.25) is 0 Å². The molecule has 0 aromatic rings. The first-order chi connectivity index (χ1) is 5.91. The molecular formula is C12H20. The molecule has 0 bridgehead atoms. The molecule has 2 rings (SSSR count). The molecule has 0 N–H and O–H groups in total. The molecule has 0 aliphatic heterocycles. The highest BCUT2D eigenvalue weighted by atomic mass is 14.4.